The van der Waals surface area contributed by atoms with Crippen LogP contribution < -0.4 is 0 Å². The molecule has 1 saturated heterocycles. The van der Waals surface area contributed by atoms with E-state index in [-0.39, 0.29) is 28.3 Å². The highest BCUT2D eigenvalue weighted by Crippen LogP contribution is 2.35. The second kappa shape index (κ2) is 5.19. The molecule has 2 aromatic heterocycles. The lowest BCUT2D eigenvalue weighted by atomic mass is 10.1. The second-order valence-electron chi connectivity index (χ2n) is 5.08. The number of nitriles is 1. The summed E-state index contributed by atoms with van der Waals surface area (Å²) in [4.78, 5) is 7.97. The molecule has 2 aromatic rings. The largest absolute Gasteiger partial charge is 0.493 e. The molecule has 9 nitrogen and oxygen atoms in total. The van der Waals surface area contributed by atoms with Crippen LogP contribution in [0.15, 0.2) is 6.20 Å². The summed E-state index contributed by atoms with van der Waals surface area (Å²) in [5, 5.41) is 48.3. The molecular formula is C13H14N4O5. The third-order valence-corrected chi connectivity index (χ3v) is 3.68. The first kappa shape index (κ1) is 14.7. The smallest absolute Gasteiger partial charge is 0.225 e. The van der Waals surface area contributed by atoms with Gasteiger partial charge in [0.15, 0.2) is 11.9 Å². The molecule has 22 heavy (non-hydrogen) atoms. The van der Waals surface area contributed by atoms with Crippen LogP contribution in [0, 0.1) is 18.3 Å². The van der Waals surface area contributed by atoms with Crippen molar-refractivity contribution in [1.82, 2.24) is 14.5 Å². The molecule has 0 bridgehead atoms. The predicted molar refractivity (Wildman–Crippen MR) is 71.7 cm³/mol. The van der Waals surface area contributed by atoms with Gasteiger partial charge in [0.25, 0.3) is 0 Å². The summed E-state index contributed by atoms with van der Waals surface area (Å²) < 4.78 is 6.78. The van der Waals surface area contributed by atoms with Crippen LogP contribution in [0.5, 0.6) is 5.88 Å². The summed E-state index contributed by atoms with van der Waals surface area (Å²) >= 11 is 0. The molecule has 0 aliphatic carbocycles. The number of aromatic hydroxyl groups is 1. The molecule has 3 rings (SSSR count). The van der Waals surface area contributed by atoms with Crippen molar-refractivity contribution in [2.45, 2.75) is 31.5 Å². The summed E-state index contributed by atoms with van der Waals surface area (Å²) in [5.74, 6) is -0.0647. The fourth-order valence-corrected chi connectivity index (χ4v) is 2.62. The summed E-state index contributed by atoms with van der Waals surface area (Å²) in [5.41, 5.74) is 0.321. The normalized spacial score (nSPS) is 28.1. The minimum Gasteiger partial charge on any atom is -0.493 e. The van der Waals surface area contributed by atoms with E-state index in [9.17, 15) is 20.6 Å². The van der Waals surface area contributed by atoms with E-state index in [1.54, 1.807) is 6.92 Å². The minimum atomic E-state index is -1.31. The zero-order valence-corrected chi connectivity index (χ0v) is 11.6. The van der Waals surface area contributed by atoms with Crippen molar-refractivity contribution in [2.24, 2.45) is 0 Å². The van der Waals surface area contributed by atoms with Crippen molar-refractivity contribution in [3.05, 3.63) is 17.6 Å². The molecule has 1 aliphatic rings. The lowest BCUT2D eigenvalue weighted by molar-refractivity contribution is -0.0508. The average molecular weight is 306 g/mol. The van der Waals surface area contributed by atoms with Crippen molar-refractivity contribution >= 4 is 11.0 Å². The number of fused-ring (bicyclic) bond motifs is 1. The molecule has 0 radical (unpaired) electrons. The van der Waals surface area contributed by atoms with E-state index in [0.717, 1.165) is 0 Å². The molecule has 3 heterocycles. The highest BCUT2D eigenvalue weighted by Gasteiger charge is 2.44. The maximum atomic E-state index is 10.1. The monoisotopic (exact) mass is 306 g/mol. The van der Waals surface area contributed by atoms with Gasteiger partial charge < -0.3 is 29.7 Å². The van der Waals surface area contributed by atoms with Gasteiger partial charge in [0.05, 0.1) is 17.6 Å². The fraction of sp³-hybridized carbons (Fsp3) is 0.462. The van der Waals surface area contributed by atoms with Gasteiger partial charge in [-0.3, -0.25) is 0 Å². The van der Waals surface area contributed by atoms with Gasteiger partial charge >= 0.3 is 0 Å². The van der Waals surface area contributed by atoms with Crippen LogP contribution in [0.2, 0.25) is 0 Å². The number of aryl methyl sites for hydroxylation is 1. The lowest BCUT2D eigenvalue weighted by Crippen LogP contribution is -2.33. The Morgan fingerprint density at radius 1 is 1.36 bits per heavy atom. The fourth-order valence-electron chi connectivity index (χ4n) is 2.62. The topological polar surface area (TPSA) is 145 Å². The van der Waals surface area contributed by atoms with Crippen LogP contribution in [-0.4, -0.2) is 59.9 Å². The number of aromatic nitrogens is 3. The molecular weight excluding hydrogens is 292 g/mol. The first-order valence-electron chi connectivity index (χ1n) is 6.58. The van der Waals surface area contributed by atoms with Crippen molar-refractivity contribution in [3.8, 4) is 11.9 Å². The Morgan fingerprint density at radius 2 is 2.09 bits per heavy atom. The molecule has 4 N–H and O–H groups in total. The molecule has 1 unspecified atom stereocenters. The molecule has 0 spiro atoms. The molecule has 9 heteroatoms. The number of hydrogen-bond donors (Lipinski definition) is 4. The molecule has 4 atom stereocenters. The van der Waals surface area contributed by atoms with Crippen LogP contribution in [0.4, 0.5) is 0 Å². The Labute approximate surface area is 124 Å². The van der Waals surface area contributed by atoms with Crippen molar-refractivity contribution in [2.75, 3.05) is 6.61 Å². The van der Waals surface area contributed by atoms with Crippen molar-refractivity contribution in [3.63, 3.8) is 0 Å². The minimum absolute atomic E-state index is 0.116. The van der Waals surface area contributed by atoms with Gasteiger partial charge in [-0.25, -0.2) is 4.98 Å². The average Bonchev–Trinajstić information content (AvgIpc) is 2.98. The van der Waals surface area contributed by atoms with Crippen molar-refractivity contribution in [1.29, 1.82) is 5.26 Å². The van der Waals surface area contributed by atoms with E-state index in [2.05, 4.69) is 9.97 Å². The SMILES string of the molecule is Cc1nc(O)c2c(C#N)cn([C@@H]3OC(CO)[C@@H](O)[C@H]3O)c2n1. The van der Waals surface area contributed by atoms with Gasteiger partial charge in [0.1, 0.15) is 30.2 Å². The van der Waals surface area contributed by atoms with Gasteiger partial charge in [0.2, 0.25) is 5.88 Å². The van der Waals surface area contributed by atoms with Crippen LogP contribution >= 0.6 is 0 Å². The summed E-state index contributed by atoms with van der Waals surface area (Å²) in [6, 6.07) is 1.92. The second-order valence-corrected chi connectivity index (χ2v) is 5.08. The molecule has 0 amide bonds. The number of hydrogen-bond acceptors (Lipinski definition) is 8. The Balaban J connectivity index is 2.18. The first-order valence-corrected chi connectivity index (χ1v) is 6.58. The summed E-state index contributed by atoms with van der Waals surface area (Å²) in [6.45, 7) is 1.11. The lowest BCUT2D eigenvalue weighted by Gasteiger charge is -2.17. The highest BCUT2D eigenvalue weighted by atomic mass is 16.6. The Bertz CT molecular complexity index is 768. The molecule has 1 aliphatic heterocycles. The number of ether oxygens (including phenoxy) is 1. The van der Waals surface area contributed by atoms with Gasteiger partial charge in [-0.05, 0) is 6.92 Å². The third-order valence-electron chi connectivity index (χ3n) is 3.68. The van der Waals surface area contributed by atoms with E-state index in [1.165, 1.54) is 10.8 Å². The van der Waals surface area contributed by atoms with Gasteiger partial charge in [0, 0.05) is 6.20 Å². The van der Waals surface area contributed by atoms with Crippen molar-refractivity contribution < 1.29 is 25.2 Å². The van der Waals surface area contributed by atoms with E-state index in [4.69, 9.17) is 9.84 Å². The molecule has 0 saturated carbocycles. The summed E-state index contributed by atoms with van der Waals surface area (Å²) in [7, 11) is 0. The standard InChI is InChI=1S/C13H14N4O5/c1-5-15-11-8(12(21)16-5)6(2-14)3-17(11)13-10(20)9(19)7(4-18)22-13/h3,7,9-10,13,18-20H,4H2,1H3,(H,15,16,21)/t7?,9-,10-,13-/m1/s1. The highest BCUT2D eigenvalue weighted by molar-refractivity contribution is 5.87. The maximum Gasteiger partial charge on any atom is 0.225 e. The maximum absolute atomic E-state index is 10.1. The van der Waals surface area contributed by atoms with Crippen LogP contribution in [0.25, 0.3) is 11.0 Å². The third kappa shape index (κ3) is 2.01. The zero-order chi connectivity index (χ0) is 16.0. The van der Waals surface area contributed by atoms with Crippen LogP contribution in [-0.2, 0) is 4.74 Å². The number of rotatable bonds is 2. The zero-order valence-electron chi connectivity index (χ0n) is 11.6. The Kier molecular flexibility index (Phi) is 3.46. The molecule has 116 valence electrons. The molecule has 1 fully saturated rings. The van der Waals surface area contributed by atoms with E-state index >= 15 is 0 Å². The number of aliphatic hydroxyl groups is 3. The van der Waals surface area contributed by atoms with Gasteiger partial charge in [-0.1, -0.05) is 0 Å². The number of aliphatic hydroxyl groups excluding tert-OH is 3. The summed E-state index contributed by atoms with van der Waals surface area (Å²) in [6.07, 6.45) is -3.20. The van der Waals surface area contributed by atoms with E-state index in [0.29, 0.717) is 0 Å². The predicted octanol–water partition coefficient (Wildman–Crippen LogP) is -1.07. The van der Waals surface area contributed by atoms with Gasteiger partial charge in [-0.15, -0.1) is 0 Å². The van der Waals surface area contributed by atoms with Crippen LogP contribution in [0.1, 0.15) is 17.6 Å². The van der Waals surface area contributed by atoms with Crippen LogP contribution in [0.3, 0.4) is 0 Å². The quantitative estimate of drug-likeness (QED) is 0.549. The van der Waals surface area contributed by atoms with E-state index in [1.807, 2.05) is 6.07 Å². The molecule has 0 aromatic carbocycles. The Morgan fingerprint density at radius 3 is 2.68 bits per heavy atom. The number of nitrogens with zero attached hydrogens (tertiary/aromatic N) is 4. The van der Waals surface area contributed by atoms with E-state index < -0.39 is 31.1 Å². The van der Waals surface area contributed by atoms with Gasteiger partial charge in [-0.2, -0.15) is 10.2 Å². The first-order chi connectivity index (χ1) is 10.5. The Hall–Kier alpha value is -2.25.